The van der Waals surface area contributed by atoms with Crippen LogP contribution in [-0.2, 0) is 4.74 Å². The molecule has 3 nitrogen and oxygen atoms in total. The maximum absolute atomic E-state index is 6.00. The highest BCUT2D eigenvalue weighted by Gasteiger charge is 2.25. The van der Waals surface area contributed by atoms with Gasteiger partial charge in [0.1, 0.15) is 0 Å². The number of benzene rings is 1. The number of aromatic nitrogens is 2. The molecule has 3 rings (SSSR count). The van der Waals surface area contributed by atoms with E-state index in [2.05, 4.69) is 16.5 Å². The Morgan fingerprint density at radius 2 is 2.39 bits per heavy atom. The van der Waals surface area contributed by atoms with E-state index in [4.69, 9.17) is 28.6 Å². The first-order chi connectivity index (χ1) is 8.66. The van der Waals surface area contributed by atoms with Gasteiger partial charge < -0.3 is 14.3 Å². The first-order valence-electron chi connectivity index (χ1n) is 6.18. The average molecular weight is 283 g/mol. The molecular formula is C13H15ClN2OS. The largest absolute Gasteiger partial charge is 0.376 e. The molecule has 0 saturated carbocycles. The van der Waals surface area contributed by atoms with Crippen LogP contribution < -0.4 is 0 Å². The Morgan fingerprint density at radius 3 is 3.11 bits per heavy atom. The van der Waals surface area contributed by atoms with Crippen LogP contribution in [0.2, 0.25) is 5.02 Å². The van der Waals surface area contributed by atoms with Crippen molar-refractivity contribution in [2.45, 2.75) is 31.9 Å². The summed E-state index contributed by atoms with van der Waals surface area (Å²) in [5, 5.41) is 0.718. The molecule has 96 valence electrons. The molecule has 1 aromatic carbocycles. The van der Waals surface area contributed by atoms with Crippen LogP contribution in [0.15, 0.2) is 18.2 Å². The molecule has 0 bridgehead atoms. The number of nitrogens with one attached hydrogen (secondary N) is 1. The predicted octanol–water partition coefficient (Wildman–Crippen LogP) is 4.09. The van der Waals surface area contributed by atoms with Gasteiger partial charge in [0.2, 0.25) is 0 Å². The van der Waals surface area contributed by atoms with Gasteiger partial charge in [-0.2, -0.15) is 0 Å². The zero-order valence-corrected chi connectivity index (χ0v) is 11.7. The quantitative estimate of drug-likeness (QED) is 0.841. The van der Waals surface area contributed by atoms with Gasteiger partial charge in [0.15, 0.2) is 4.77 Å². The number of H-pyrrole nitrogens is 1. The van der Waals surface area contributed by atoms with E-state index in [1.165, 1.54) is 0 Å². The van der Waals surface area contributed by atoms with Crippen molar-refractivity contribution in [2.24, 2.45) is 0 Å². The molecule has 5 heteroatoms. The second kappa shape index (κ2) is 4.68. The number of hydrogen-bond acceptors (Lipinski definition) is 2. The number of hydrogen-bond donors (Lipinski definition) is 1. The van der Waals surface area contributed by atoms with Gasteiger partial charge in [0.25, 0.3) is 0 Å². The van der Waals surface area contributed by atoms with Crippen LogP contribution in [0.3, 0.4) is 0 Å². The Kier molecular flexibility index (Phi) is 3.18. The normalized spacial score (nSPS) is 21.6. The SMILES string of the molecule is CC(C1CCCO1)n1c(=S)[nH]c2cc(Cl)ccc21. The van der Waals surface area contributed by atoms with E-state index < -0.39 is 0 Å². The van der Waals surface area contributed by atoms with Gasteiger partial charge in [0.05, 0.1) is 23.2 Å². The van der Waals surface area contributed by atoms with E-state index in [-0.39, 0.29) is 12.1 Å². The summed E-state index contributed by atoms with van der Waals surface area (Å²) in [6.45, 7) is 3.02. The minimum atomic E-state index is 0.245. The minimum absolute atomic E-state index is 0.245. The van der Waals surface area contributed by atoms with Crippen molar-refractivity contribution in [1.82, 2.24) is 9.55 Å². The van der Waals surface area contributed by atoms with Gasteiger partial charge in [-0.1, -0.05) is 11.6 Å². The number of rotatable bonds is 2. The second-order valence-corrected chi connectivity index (χ2v) is 5.58. The fourth-order valence-corrected chi connectivity index (χ4v) is 3.20. The number of aromatic amines is 1. The van der Waals surface area contributed by atoms with Crippen molar-refractivity contribution in [3.63, 3.8) is 0 Å². The summed E-state index contributed by atoms with van der Waals surface area (Å²) in [6.07, 6.45) is 2.49. The molecule has 0 spiro atoms. The molecule has 1 saturated heterocycles. The van der Waals surface area contributed by atoms with E-state index in [0.717, 1.165) is 40.3 Å². The summed E-state index contributed by atoms with van der Waals surface area (Å²) < 4.78 is 8.63. The molecular weight excluding hydrogens is 268 g/mol. The van der Waals surface area contributed by atoms with E-state index in [1.54, 1.807) is 0 Å². The molecule has 1 aliphatic rings. The van der Waals surface area contributed by atoms with Crippen LogP contribution in [0, 0.1) is 4.77 Å². The summed E-state index contributed by atoms with van der Waals surface area (Å²) >= 11 is 11.4. The van der Waals surface area contributed by atoms with Gasteiger partial charge in [-0.15, -0.1) is 0 Å². The number of imidazole rings is 1. The Morgan fingerprint density at radius 1 is 1.56 bits per heavy atom. The van der Waals surface area contributed by atoms with E-state index in [9.17, 15) is 0 Å². The van der Waals surface area contributed by atoms with Crippen LogP contribution >= 0.6 is 23.8 Å². The van der Waals surface area contributed by atoms with Crippen LogP contribution in [-0.4, -0.2) is 22.3 Å². The van der Waals surface area contributed by atoms with Crippen LogP contribution in [0.25, 0.3) is 11.0 Å². The lowest BCUT2D eigenvalue weighted by atomic mass is 10.1. The monoisotopic (exact) mass is 282 g/mol. The zero-order valence-electron chi connectivity index (χ0n) is 10.1. The number of nitrogens with zero attached hydrogens (tertiary/aromatic N) is 1. The third-order valence-corrected chi connectivity index (χ3v) is 4.12. The molecule has 1 aliphatic heterocycles. The van der Waals surface area contributed by atoms with Crippen molar-refractivity contribution in [1.29, 1.82) is 0 Å². The smallest absolute Gasteiger partial charge is 0.178 e. The number of ether oxygens (including phenoxy) is 1. The lowest BCUT2D eigenvalue weighted by molar-refractivity contribution is 0.0741. The summed E-state index contributed by atoms with van der Waals surface area (Å²) in [5.74, 6) is 0. The van der Waals surface area contributed by atoms with Crippen LogP contribution in [0.4, 0.5) is 0 Å². The fourth-order valence-electron chi connectivity index (χ4n) is 2.66. The Balaban J connectivity index is 2.10. The molecule has 0 aliphatic carbocycles. The molecule has 18 heavy (non-hydrogen) atoms. The Labute approximate surface area is 116 Å². The van der Waals surface area contributed by atoms with Crippen molar-refractivity contribution in [2.75, 3.05) is 6.61 Å². The highest BCUT2D eigenvalue weighted by Crippen LogP contribution is 2.28. The van der Waals surface area contributed by atoms with Crippen LogP contribution in [0.1, 0.15) is 25.8 Å². The first-order valence-corrected chi connectivity index (χ1v) is 6.97. The maximum atomic E-state index is 6.00. The highest BCUT2D eigenvalue weighted by atomic mass is 35.5. The van der Waals surface area contributed by atoms with Gasteiger partial charge in [-0.3, -0.25) is 0 Å². The van der Waals surface area contributed by atoms with Gasteiger partial charge in [-0.05, 0) is 50.2 Å². The third kappa shape index (κ3) is 1.98. The lowest BCUT2D eigenvalue weighted by Gasteiger charge is -2.20. The highest BCUT2D eigenvalue weighted by molar-refractivity contribution is 7.71. The molecule has 1 fully saturated rings. The third-order valence-electron chi connectivity index (χ3n) is 3.59. The van der Waals surface area contributed by atoms with Crippen LogP contribution in [0.5, 0.6) is 0 Å². The van der Waals surface area contributed by atoms with Gasteiger partial charge in [-0.25, -0.2) is 0 Å². The molecule has 1 N–H and O–H groups in total. The molecule has 2 heterocycles. The Bertz CT molecular complexity index is 627. The molecule has 1 aromatic heterocycles. The van der Waals surface area contributed by atoms with Crippen molar-refractivity contribution >= 4 is 34.9 Å². The predicted molar refractivity (Wildman–Crippen MR) is 75.8 cm³/mol. The average Bonchev–Trinajstić information content (AvgIpc) is 2.94. The van der Waals surface area contributed by atoms with E-state index in [0.29, 0.717) is 0 Å². The zero-order chi connectivity index (χ0) is 12.7. The molecule has 2 atom stereocenters. The summed E-state index contributed by atoms with van der Waals surface area (Å²) in [4.78, 5) is 3.21. The molecule has 2 aromatic rings. The van der Waals surface area contributed by atoms with E-state index >= 15 is 0 Å². The summed E-state index contributed by atoms with van der Waals surface area (Å²) in [7, 11) is 0. The van der Waals surface area contributed by atoms with Crippen molar-refractivity contribution in [3.8, 4) is 0 Å². The minimum Gasteiger partial charge on any atom is -0.376 e. The van der Waals surface area contributed by atoms with Gasteiger partial charge in [0, 0.05) is 11.6 Å². The standard InChI is InChI=1S/C13H15ClN2OS/c1-8(12-3-2-6-17-12)16-11-5-4-9(14)7-10(11)15-13(16)18/h4-5,7-8,12H,2-3,6H2,1H3,(H,15,18). The summed E-state index contributed by atoms with van der Waals surface area (Å²) in [6, 6.07) is 6.06. The topological polar surface area (TPSA) is 29.9 Å². The van der Waals surface area contributed by atoms with Gasteiger partial charge >= 0.3 is 0 Å². The van der Waals surface area contributed by atoms with Crippen molar-refractivity contribution < 1.29 is 4.74 Å². The van der Waals surface area contributed by atoms with E-state index in [1.807, 2.05) is 18.2 Å². The molecule has 2 unspecified atom stereocenters. The van der Waals surface area contributed by atoms with Crippen molar-refractivity contribution in [3.05, 3.63) is 28.0 Å². The fraction of sp³-hybridized carbons (Fsp3) is 0.462. The summed E-state index contributed by atoms with van der Waals surface area (Å²) in [5.41, 5.74) is 2.07. The molecule has 0 amide bonds. The maximum Gasteiger partial charge on any atom is 0.178 e. The number of halogens is 1. The molecule has 0 radical (unpaired) electrons. The second-order valence-electron chi connectivity index (χ2n) is 4.75. The lowest BCUT2D eigenvalue weighted by Crippen LogP contribution is -2.20. The number of fused-ring (bicyclic) bond motifs is 1. The first kappa shape index (κ1) is 12.2. The Hall–Kier alpha value is -0.840.